The minimum absolute atomic E-state index is 0.847. The van der Waals surface area contributed by atoms with Crippen molar-refractivity contribution in [1.82, 2.24) is 9.55 Å². The van der Waals surface area contributed by atoms with E-state index in [1.807, 2.05) is 85.2 Å². The van der Waals surface area contributed by atoms with Crippen LogP contribution in [0, 0.1) is 0 Å². The fourth-order valence-electron chi connectivity index (χ4n) is 1.87. The van der Waals surface area contributed by atoms with Crippen molar-refractivity contribution in [3.05, 3.63) is 54.7 Å². The maximum absolute atomic E-state index is 4.62. The number of aromatic nitrogens is 2. The summed E-state index contributed by atoms with van der Waals surface area (Å²) in [4.78, 5) is 9.02. The van der Waals surface area contributed by atoms with Gasteiger partial charge in [-0.2, -0.15) is 0 Å². The standard InChI is InChI=1S/C14H17N3.3C2H6/c1-3-5-7-12(4-2)13-14-16-9-11-17(14)10-6-8-15-13;3*1-2/h3-5,7,9,11H,2,6,8,10H2,1H3;3*1-2H3/b5-3-,12-7+;;;. The molecule has 0 spiro atoms. The Labute approximate surface area is 143 Å². The molecule has 3 heteroatoms. The quantitative estimate of drug-likeness (QED) is 0.644. The summed E-state index contributed by atoms with van der Waals surface area (Å²) in [5, 5.41) is 0. The number of nitrogens with zero attached hydrogens (tertiary/aromatic N) is 3. The summed E-state index contributed by atoms with van der Waals surface area (Å²) >= 11 is 0. The zero-order valence-electron chi connectivity index (χ0n) is 16.1. The highest BCUT2D eigenvalue weighted by Gasteiger charge is 2.15. The zero-order valence-corrected chi connectivity index (χ0v) is 16.1. The molecule has 1 aromatic heterocycles. The lowest BCUT2D eigenvalue weighted by Gasteiger charge is -2.06. The molecule has 1 aromatic rings. The molecule has 2 heterocycles. The van der Waals surface area contributed by atoms with Crippen LogP contribution in [0.1, 0.15) is 60.7 Å². The number of allylic oxidation sites excluding steroid dienone is 5. The lowest BCUT2D eigenvalue weighted by atomic mass is 10.1. The van der Waals surface area contributed by atoms with Crippen molar-refractivity contribution in [3.63, 3.8) is 0 Å². The minimum Gasteiger partial charge on any atom is -0.330 e. The first-order chi connectivity index (χ1) is 11.4. The SMILES string of the molecule is C=C/C(=C\C=C/C)C1=NCCCn2ccnc21.CC.CC.CC. The predicted octanol–water partition coefficient (Wildman–Crippen LogP) is 5.84. The number of hydrogen-bond donors (Lipinski definition) is 0. The van der Waals surface area contributed by atoms with Crippen molar-refractivity contribution in [2.45, 2.75) is 61.4 Å². The average Bonchev–Trinajstić information content (AvgIpc) is 3.02. The topological polar surface area (TPSA) is 30.2 Å². The van der Waals surface area contributed by atoms with Gasteiger partial charge in [-0.15, -0.1) is 0 Å². The normalized spacial score (nSPS) is 13.0. The van der Waals surface area contributed by atoms with Crippen LogP contribution in [-0.4, -0.2) is 21.8 Å². The van der Waals surface area contributed by atoms with Gasteiger partial charge in [-0.05, 0) is 13.3 Å². The maximum atomic E-state index is 4.62. The Morgan fingerprint density at radius 3 is 2.39 bits per heavy atom. The number of aliphatic imine (C=N–C) groups is 1. The molecule has 0 aliphatic carbocycles. The number of rotatable bonds is 3. The van der Waals surface area contributed by atoms with E-state index >= 15 is 0 Å². The predicted molar refractivity (Wildman–Crippen MR) is 105 cm³/mol. The smallest absolute Gasteiger partial charge is 0.158 e. The minimum atomic E-state index is 0.847. The molecule has 0 amide bonds. The Morgan fingerprint density at radius 2 is 1.83 bits per heavy atom. The van der Waals surface area contributed by atoms with Gasteiger partial charge < -0.3 is 4.57 Å². The van der Waals surface area contributed by atoms with Gasteiger partial charge in [-0.25, -0.2) is 4.98 Å². The van der Waals surface area contributed by atoms with Gasteiger partial charge in [0.1, 0.15) is 5.71 Å². The lowest BCUT2D eigenvalue weighted by molar-refractivity contribution is 0.660. The number of hydrogen-bond acceptors (Lipinski definition) is 2. The molecule has 0 fully saturated rings. The molecule has 23 heavy (non-hydrogen) atoms. The molecule has 0 N–H and O–H groups in total. The van der Waals surface area contributed by atoms with Crippen molar-refractivity contribution in [3.8, 4) is 0 Å². The molecule has 0 atom stereocenters. The van der Waals surface area contributed by atoms with Crippen molar-refractivity contribution >= 4 is 5.71 Å². The monoisotopic (exact) mass is 317 g/mol. The second-order valence-electron chi connectivity index (χ2n) is 3.88. The van der Waals surface area contributed by atoms with Gasteiger partial charge in [0.15, 0.2) is 5.82 Å². The molecule has 0 bridgehead atoms. The summed E-state index contributed by atoms with van der Waals surface area (Å²) in [5.41, 5.74) is 1.97. The largest absolute Gasteiger partial charge is 0.330 e. The van der Waals surface area contributed by atoms with Crippen LogP contribution in [0.5, 0.6) is 0 Å². The highest BCUT2D eigenvalue weighted by molar-refractivity contribution is 6.12. The van der Waals surface area contributed by atoms with Gasteiger partial charge in [0, 0.05) is 31.1 Å². The maximum Gasteiger partial charge on any atom is 0.158 e. The Morgan fingerprint density at radius 1 is 1.17 bits per heavy atom. The van der Waals surface area contributed by atoms with Gasteiger partial charge in [0.05, 0.1) is 0 Å². The molecular weight excluding hydrogens is 282 g/mol. The highest BCUT2D eigenvalue weighted by Crippen LogP contribution is 2.14. The van der Waals surface area contributed by atoms with Crippen molar-refractivity contribution < 1.29 is 0 Å². The first-order valence-corrected chi connectivity index (χ1v) is 8.88. The number of imidazole rings is 1. The van der Waals surface area contributed by atoms with Gasteiger partial charge in [-0.3, -0.25) is 4.99 Å². The Hall–Kier alpha value is -1.90. The summed E-state index contributed by atoms with van der Waals surface area (Å²) in [6.07, 6.45) is 12.7. The van der Waals surface area contributed by atoms with Gasteiger partial charge in [-0.1, -0.05) is 72.4 Å². The molecule has 0 aromatic carbocycles. The van der Waals surface area contributed by atoms with E-state index in [2.05, 4.69) is 21.1 Å². The molecule has 1 aliphatic rings. The van der Waals surface area contributed by atoms with Crippen molar-refractivity contribution in [1.29, 1.82) is 0 Å². The van der Waals surface area contributed by atoms with E-state index in [4.69, 9.17) is 0 Å². The van der Waals surface area contributed by atoms with E-state index in [0.29, 0.717) is 0 Å². The molecule has 0 saturated heterocycles. The zero-order chi connectivity index (χ0) is 18.1. The van der Waals surface area contributed by atoms with Crippen LogP contribution in [0.25, 0.3) is 0 Å². The first kappa shape index (κ1) is 23.4. The Bertz CT molecular complexity index is 491. The lowest BCUT2D eigenvalue weighted by Crippen LogP contribution is -2.10. The molecule has 0 saturated carbocycles. The molecule has 130 valence electrons. The van der Waals surface area contributed by atoms with Gasteiger partial charge >= 0.3 is 0 Å². The summed E-state index contributed by atoms with van der Waals surface area (Å²) in [5.74, 6) is 0.943. The van der Waals surface area contributed by atoms with E-state index in [1.165, 1.54) is 0 Å². The fourth-order valence-corrected chi connectivity index (χ4v) is 1.87. The van der Waals surface area contributed by atoms with Crippen LogP contribution in [0.3, 0.4) is 0 Å². The number of aryl methyl sites for hydroxylation is 1. The van der Waals surface area contributed by atoms with Crippen molar-refractivity contribution in [2.75, 3.05) is 6.54 Å². The summed E-state index contributed by atoms with van der Waals surface area (Å²) in [6, 6.07) is 0. The average molecular weight is 318 g/mol. The number of fused-ring (bicyclic) bond motifs is 1. The van der Waals surface area contributed by atoms with Gasteiger partial charge in [0.25, 0.3) is 0 Å². The van der Waals surface area contributed by atoms with E-state index in [0.717, 1.165) is 36.6 Å². The third-order valence-corrected chi connectivity index (χ3v) is 2.72. The van der Waals surface area contributed by atoms with Crippen LogP contribution >= 0.6 is 0 Å². The fraction of sp³-hybridized carbons (Fsp3) is 0.500. The van der Waals surface area contributed by atoms with Crippen LogP contribution in [0.2, 0.25) is 0 Å². The molecule has 1 aliphatic heterocycles. The van der Waals surface area contributed by atoms with Crippen LogP contribution in [0.15, 0.2) is 53.8 Å². The second-order valence-corrected chi connectivity index (χ2v) is 3.88. The Kier molecular flexibility index (Phi) is 16.7. The van der Waals surface area contributed by atoms with Gasteiger partial charge in [0.2, 0.25) is 0 Å². The summed E-state index contributed by atoms with van der Waals surface area (Å²) in [7, 11) is 0. The summed E-state index contributed by atoms with van der Waals surface area (Å²) in [6.45, 7) is 19.7. The molecule has 3 nitrogen and oxygen atoms in total. The molecule has 2 rings (SSSR count). The van der Waals surface area contributed by atoms with E-state index in [-0.39, 0.29) is 0 Å². The second kappa shape index (κ2) is 16.5. The molecule has 0 radical (unpaired) electrons. The summed E-state index contributed by atoms with van der Waals surface area (Å²) < 4.78 is 2.15. The highest BCUT2D eigenvalue weighted by atomic mass is 15.1. The van der Waals surface area contributed by atoms with Crippen LogP contribution in [-0.2, 0) is 6.54 Å². The third kappa shape index (κ3) is 7.78. The first-order valence-electron chi connectivity index (χ1n) is 8.88. The molecular formula is C20H35N3. The van der Waals surface area contributed by atoms with E-state index in [1.54, 1.807) is 0 Å². The Balaban J connectivity index is 0. The van der Waals surface area contributed by atoms with Crippen LogP contribution < -0.4 is 0 Å². The van der Waals surface area contributed by atoms with Crippen LogP contribution in [0.4, 0.5) is 0 Å². The third-order valence-electron chi connectivity index (χ3n) is 2.72. The van der Waals surface area contributed by atoms with Crippen molar-refractivity contribution in [2.24, 2.45) is 4.99 Å². The van der Waals surface area contributed by atoms with E-state index < -0.39 is 0 Å². The van der Waals surface area contributed by atoms with E-state index in [9.17, 15) is 0 Å². The molecule has 0 unspecified atom stereocenters.